The molecule has 2 unspecified atom stereocenters. The third-order valence-corrected chi connectivity index (χ3v) is 4.96. The number of hydrogen-bond donors (Lipinski definition) is 2. The van der Waals surface area contributed by atoms with E-state index in [1.165, 1.54) is 0 Å². The largest absolute Gasteiger partial charge is 0.768 e. The van der Waals surface area contributed by atoms with Crippen molar-refractivity contribution < 1.29 is 37.3 Å². The van der Waals surface area contributed by atoms with Crippen molar-refractivity contribution in [2.24, 2.45) is 0 Å². The molecule has 3 rings (SSSR count). The molecular weight excluding hydrogens is 360 g/mol. The van der Waals surface area contributed by atoms with Crippen molar-refractivity contribution in [1.82, 2.24) is 0 Å². The number of carbonyl (C=O) groups excluding carboxylic acids is 2. The van der Waals surface area contributed by atoms with Crippen LogP contribution in [0.3, 0.4) is 0 Å². The Kier molecular flexibility index (Phi) is 3.84. The van der Waals surface area contributed by atoms with Gasteiger partial charge in [0.05, 0.1) is 20.9 Å². The molecule has 0 saturated carbocycles. The monoisotopic (exact) mass is 366 g/mol. The van der Waals surface area contributed by atoms with E-state index in [-0.39, 0.29) is 11.1 Å². The summed E-state index contributed by atoms with van der Waals surface area (Å²) in [5, 5.41) is 20.0. The Labute approximate surface area is 139 Å². The zero-order valence-corrected chi connectivity index (χ0v) is 13.1. The van der Waals surface area contributed by atoms with Crippen LogP contribution >= 0.6 is 0 Å². The molecule has 0 spiro atoms. The van der Waals surface area contributed by atoms with Crippen LogP contribution in [-0.4, -0.2) is 39.3 Å². The van der Waals surface area contributed by atoms with Gasteiger partial charge in [-0.05, 0) is 46.4 Å². The van der Waals surface area contributed by atoms with Gasteiger partial charge in [0.25, 0.3) is 0 Å². The Balaban J connectivity index is 2.36. The molecule has 2 aromatic carbocycles. The molecule has 10 heteroatoms. The van der Waals surface area contributed by atoms with Crippen molar-refractivity contribution in [2.45, 2.75) is 9.79 Å². The number of phenols is 2. The summed E-state index contributed by atoms with van der Waals surface area (Å²) < 4.78 is 44.3. The van der Waals surface area contributed by atoms with Crippen LogP contribution in [0.25, 0.3) is 0 Å². The van der Waals surface area contributed by atoms with Gasteiger partial charge in [0.15, 0.2) is 5.78 Å². The molecular formula is C14H6O8S2-2. The predicted molar refractivity (Wildman–Crippen MR) is 77.5 cm³/mol. The quantitative estimate of drug-likeness (QED) is 0.616. The smallest absolute Gasteiger partial charge is 0.202 e. The molecule has 0 fully saturated rings. The molecule has 8 nitrogen and oxygen atoms in total. The third kappa shape index (κ3) is 2.19. The second kappa shape index (κ2) is 5.60. The molecule has 0 amide bonds. The summed E-state index contributed by atoms with van der Waals surface area (Å²) in [5.74, 6) is -3.67. The van der Waals surface area contributed by atoms with E-state index >= 15 is 0 Å². The number of rotatable bonds is 2. The summed E-state index contributed by atoms with van der Waals surface area (Å²) in [4.78, 5) is 23.8. The maximum atomic E-state index is 12.6. The van der Waals surface area contributed by atoms with Gasteiger partial charge in [0, 0.05) is 11.1 Å². The highest BCUT2D eigenvalue weighted by Gasteiger charge is 2.36. The summed E-state index contributed by atoms with van der Waals surface area (Å²) in [7, 11) is 0. The van der Waals surface area contributed by atoms with Gasteiger partial charge < -0.3 is 19.3 Å². The number of benzene rings is 2. The van der Waals surface area contributed by atoms with E-state index in [1.807, 2.05) is 0 Å². The fourth-order valence-electron chi connectivity index (χ4n) is 2.52. The number of fused-ring (bicyclic) bond motifs is 2. The highest BCUT2D eigenvalue weighted by atomic mass is 32.2. The van der Waals surface area contributed by atoms with Crippen molar-refractivity contribution in [3.05, 3.63) is 46.5 Å². The summed E-state index contributed by atoms with van der Waals surface area (Å²) in [5.41, 5.74) is -1.68. The lowest BCUT2D eigenvalue weighted by Crippen LogP contribution is -2.22. The Morgan fingerprint density at radius 1 is 0.708 bits per heavy atom. The van der Waals surface area contributed by atoms with Crippen molar-refractivity contribution in [3.63, 3.8) is 0 Å². The van der Waals surface area contributed by atoms with Crippen LogP contribution < -0.4 is 0 Å². The fraction of sp³-hybridized carbons (Fsp3) is 0. The summed E-state index contributed by atoms with van der Waals surface area (Å²) in [6, 6.07) is 4.07. The second-order valence-electron chi connectivity index (χ2n) is 4.80. The number of hydrogen-bond acceptors (Lipinski definition) is 8. The van der Waals surface area contributed by atoms with Crippen molar-refractivity contribution >= 4 is 33.7 Å². The van der Waals surface area contributed by atoms with Gasteiger partial charge in [-0.15, -0.1) is 0 Å². The van der Waals surface area contributed by atoms with Crippen LogP contribution in [0.1, 0.15) is 31.8 Å². The lowest BCUT2D eigenvalue weighted by atomic mass is 9.83. The summed E-state index contributed by atoms with van der Waals surface area (Å²) in [6.45, 7) is 0. The normalized spacial score (nSPS) is 15.6. The van der Waals surface area contributed by atoms with Gasteiger partial charge >= 0.3 is 0 Å². The van der Waals surface area contributed by atoms with Crippen LogP contribution in [0, 0.1) is 0 Å². The van der Waals surface area contributed by atoms with Gasteiger partial charge in [0.1, 0.15) is 11.5 Å². The van der Waals surface area contributed by atoms with Gasteiger partial charge in [-0.1, -0.05) is 0 Å². The minimum Gasteiger partial charge on any atom is -0.768 e. The van der Waals surface area contributed by atoms with Crippen molar-refractivity contribution in [3.8, 4) is 11.5 Å². The first kappa shape index (κ1) is 16.5. The highest BCUT2D eigenvalue weighted by molar-refractivity contribution is 7.79. The predicted octanol–water partition coefficient (Wildman–Crippen LogP) is 0.349. The Morgan fingerprint density at radius 3 is 1.42 bits per heavy atom. The van der Waals surface area contributed by atoms with E-state index in [0.29, 0.717) is 0 Å². The van der Waals surface area contributed by atoms with Crippen LogP contribution in [0.4, 0.5) is 0 Å². The first-order chi connectivity index (χ1) is 11.3. The number of carbonyl (C=O) groups is 2. The van der Waals surface area contributed by atoms with Gasteiger partial charge in [-0.2, -0.15) is 0 Å². The Bertz CT molecular complexity index is 904. The molecule has 1 aliphatic carbocycles. The van der Waals surface area contributed by atoms with Crippen LogP contribution in [0.2, 0.25) is 0 Å². The van der Waals surface area contributed by atoms with Crippen molar-refractivity contribution in [2.75, 3.05) is 0 Å². The topological polar surface area (TPSA) is 155 Å². The van der Waals surface area contributed by atoms with Gasteiger partial charge in [-0.25, -0.2) is 0 Å². The molecule has 2 atom stereocenters. The molecule has 0 bridgehead atoms. The zero-order valence-electron chi connectivity index (χ0n) is 11.5. The minimum atomic E-state index is -2.86. The molecule has 0 saturated heterocycles. The van der Waals surface area contributed by atoms with Crippen LogP contribution in [0.15, 0.2) is 34.1 Å². The van der Waals surface area contributed by atoms with E-state index in [1.54, 1.807) is 0 Å². The Hall–Kier alpha value is -2.40. The zero-order chi connectivity index (χ0) is 17.8. The molecule has 0 aromatic heterocycles. The number of ketones is 2. The van der Waals surface area contributed by atoms with Crippen molar-refractivity contribution in [1.29, 1.82) is 0 Å². The third-order valence-electron chi connectivity index (χ3n) is 3.58. The Morgan fingerprint density at radius 2 is 1.08 bits per heavy atom. The molecule has 24 heavy (non-hydrogen) atoms. The minimum absolute atomic E-state index is 0.241. The average molecular weight is 366 g/mol. The molecule has 2 aromatic rings. The van der Waals surface area contributed by atoms with Gasteiger partial charge in [-0.3, -0.25) is 18.0 Å². The first-order valence-electron chi connectivity index (χ1n) is 6.25. The molecule has 0 aliphatic heterocycles. The standard InChI is InChI=1S/C14H8O8S2/c15-11-5-1-3-7(23(19)20)12(16)9(5)14(18)10-6(11)2-4-8(13(10)17)24(21)22/h1-4,16-17H,(H,19,20)(H,21,22)/p-2. The summed E-state index contributed by atoms with van der Waals surface area (Å²) >= 11 is -5.73. The SMILES string of the molecule is O=C1c2ccc(S(=O)[O-])c(O)c2C(=O)c2c1ccc(S(=O)[O-])c2O. The summed E-state index contributed by atoms with van der Waals surface area (Å²) in [6.07, 6.45) is 0. The molecule has 0 radical (unpaired) electrons. The molecule has 0 heterocycles. The lowest BCUT2D eigenvalue weighted by Gasteiger charge is -2.22. The van der Waals surface area contributed by atoms with E-state index in [2.05, 4.69) is 0 Å². The van der Waals surface area contributed by atoms with E-state index in [9.17, 15) is 37.3 Å². The highest BCUT2D eigenvalue weighted by Crippen LogP contribution is 2.40. The molecule has 2 N–H and O–H groups in total. The lowest BCUT2D eigenvalue weighted by molar-refractivity contribution is 0.0973. The van der Waals surface area contributed by atoms with E-state index < -0.39 is 66.1 Å². The first-order valence-corrected chi connectivity index (χ1v) is 8.40. The van der Waals surface area contributed by atoms with Crippen LogP contribution in [0.5, 0.6) is 11.5 Å². The number of phenolic OH excluding ortho intramolecular Hbond substituents is 2. The van der Waals surface area contributed by atoms with E-state index in [4.69, 9.17) is 0 Å². The molecule has 124 valence electrons. The number of aromatic hydroxyl groups is 2. The average Bonchev–Trinajstić information content (AvgIpc) is 2.51. The van der Waals surface area contributed by atoms with Crippen LogP contribution in [-0.2, 0) is 22.2 Å². The maximum absolute atomic E-state index is 12.6. The maximum Gasteiger partial charge on any atom is 0.202 e. The molecule has 1 aliphatic rings. The fourth-order valence-corrected chi connectivity index (χ4v) is 3.40. The van der Waals surface area contributed by atoms with E-state index in [0.717, 1.165) is 24.3 Å². The second-order valence-corrected chi connectivity index (χ2v) is 6.62. The van der Waals surface area contributed by atoms with Gasteiger partial charge in [0.2, 0.25) is 5.78 Å².